The van der Waals surface area contributed by atoms with E-state index >= 15 is 0 Å². The Bertz CT molecular complexity index is 831. The molecule has 174 valence electrons. The third-order valence-electron chi connectivity index (χ3n) is 5.23. The standard InChI is InChI=1S/C24H32N2O6/c1-2-24(31)32-17-19-11-10-18(16-20(19)27)8-5-6-14-25-21(28)9-4-3-7-15-26-22(29)12-13-23(26)30/h10-13,16,27H,2-9,14-15,17H2,1H3,(H,25,28). The Morgan fingerprint density at radius 2 is 1.78 bits per heavy atom. The number of phenolic OH excluding ortho intramolecular Hbond substituents is 1. The molecular formula is C24H32N2O6. The van der Waals surface area contributed by atoms with Crippen molar-refractivity contribution in [2.75, 3.05) is 13.1 Å². The Kier molecular flexibility index (Phi) is 10.4. The number of hydrogen-bond acceptors (Lipinski definition) is 6. The highest BCUT2D eigenvalue weighted by molar-refractivity contribution is 6.12. The van der Waals surface area contributed by atoms with Crippen molar-refractivity contribution in [2.24, 2.45) is 0 Å². The highest BCUT2D eigenvalue weighted by Crippen LogP contribution is 2.21. The van der Waals surface area contributed by atoms with E-state index in [1.807, 2.05) is 6.07 Å². The van der Waals surface area contributed by atoms with Gasteiger partial charge in [0.25, 0.3) is 11.8 Å². The number of benzene rings is 1. The van der Waals surface area contributed by atoms with Crippen molar-refractivity contribution in [1.29, 1.82) is 0 Å². The molecule has 2 N–H and O–H groups in total. The van der Waals surface area contributed by atoms with Crippen LogP contribution in [0.25, 0.3) is 0 Å². The van der Waals surface area contributed by atoms with Crippen molar-refractivity contribution >= 4 is 23.7 Å². The van der Waals surface area contributed by atoms with Crippen LogP contribution in [0.3, 0.4) is 0 Å². The average molecular weight is 445 g/mol. The van der Waals surface area contributed by atoms with Gasteiger partial charge in [0.05, 0.1) is 0 Å². The fraction of sp³-hybridized carbons (Fsp3) is 0.500. The summed E-state index contributed by atoms with van der Waals surface area (Å²) >= 11 is 0. The van der Waals surface area contributed by atoms with Gasteiger partial charge in [-0.05, 0) is 43.7 Å². The number of phenols is 1. The number of nitrogens with one attached hydrogen (secondary N) is 1. The van der Waals surface area contributed by atoms with Gasteiger partial charge in [-0.15, -0.1) is 0 Å². The molecule has 2 rings (SSSR count). The number of carbonyl (C=O) groups excluding carboxylic acids is 4. The number of aromatic hydroxyl groups is 1. The van der Waals surface area contributed by atoms with Crippen LogP contribution < -0.4 is 5.32 Å². The lowest BCUT2D eigenvalue weighted by Crippen LogP contribution is -2.30. The molecule has 0 bridgehead atoms. The molecule has 0 unspecified atom stereocenters. The molecule has 1 aliphatic heterocycles. The van der Waals surface area contributed by atoms with Crippen molar-refractivity contribution in [3.8, 4) is 5.75 Å². The number of esters is 1. The van der Waals surface area contributed by atoms with Crippen molar-refractivity contribution < 1.29 is 29.0 Å². The Morgan fingerprint density at radius 1 is 1.03 bits per heavy atom. The first-order valence-electron chi connectivity index (χ1n) is 11.2. The molecule has 0 aromatic heterocycles. The Balaban J connectivity index is 1.51. The number of aryl methyl sites for hydroxylation is 1. The van der Waals surface area contributed by atoms with E-state index in [1.165, 1.54) is 17.1 Å². The number of carbonyl (C=O) groups is 4. The maximum atomic E-state index is 11.9. The van der Waals surface area contributed by atoms with Gasteiger partial charge < -0.3 is 15.2 Å². The molecule has 1 aromatic rings. The van der Waals surface area contributed by atoms with Gasteiger partial charge in [0.1, 0.15) is 12.4 Å². The average Bonchev–Trinajstić information content (AvgIpc) is 3.09. The summed E-state index contributed by atoms with van der Waals surface area (Å²) in [6.45, 7) is 2.78. The van der Waals surface area contributed by atoms with Crippen LogP contribution in [0.1, 0.15) is 63.0 Å². The topological polar surface area (TPSA) is 113 Å². The van der Waals surface area contributed by atoms with E-state index in [2.05, 4.69) is 5.32 Å². The van der Waals surface area contributed by atoms with Crippen LogP contribution in [-0.2, 0) is 36.9 Å². The van der Waals surface area contributed by atoms with Gasteiger partial charge in [-0.25, -0.2) is 0 Å². The highest BCUT2D eigenvalue weighted by Gasteiger charge is 2.22. The van der Waals surface area contributed by atoms with Crippen LogP contribution in [0.2, 0.25) is 0 Å². The second-order valence-corrected chi connectivity index (χ2v) is 7.76. The maximum absolute atomic E-state index is 11.9. The summed E-state index contributed by atoms with van der Waals surface area (Å²) in [5.74, 6) is -0.714. The molecule has 1 aliphatic rings. The fourth-order valence-electron chi connectivity index (χ4n) is 3.30. The number of hydrogen-bond donors (Lipinski definition) is 2. The Labute approximate surface area is 188 Å². The number of nitrogens with zero attached hydrogens (tertiary/aromatic N) is 1. The predicted octanol–water partition coefficient (Wildman–Crippen LogP) is 2.77. The van der Waals surface area contributed by atoms with Crippen LogP contribution in [0.4, 0.5) is 0 Å². The molecule has 0 fully saturated rings. The summed E-state index contributed by atoms with van der Waals surface area (Å²) in [5.41, 5.74) is 1.57. The first kappa shape index (κ1) is 25.1. The zero-order valence-corrected chi connectivity index (χ0v) is 18.6. The first-order chi connectivity index (χ1) is 15.4. The van der Waals surface area contributed by atoms with Gasteiger partial charge in [-0.2, -0.15) is 0 Å². The van der Waals surface area contributed by atoms with E-state index in [1.54, 1.807) is 19.1 Å². The van der Waals surface area contributed by atoms with Crippen LogP contribution >= 0.6 is 0 Å². The molecule has 0 spiro atoms. The van der Waals surface area contributed by atoms with Gasteiger partial charge >= 0.3 is 5.97 Å². The summed E-state index contributed by atoms with van der Waals surface area (Å²) in [7, 11) is 0. The quantitative estimate of drug-likeness (QED) is 0.259. The third-order valence-corrected chi connectivity index (χ3v) is 5.23. The maximum Gasteiger partial charge on any atom is 0.305 e. The van der Waals surface area contributed by atoms with Gasteiger partial charge in [-0.1, -0.05) is 25.5 Å². The SMILES string of the molecule is CCC(=O)OCc1ccc(CCCCNC(=O)CCCCCN2C(=O)C=CC2=O)cc1O. The Hall–Kier alpha value is -3.16. The lowest BCUT2D eigenvalue weighted by Gasteiger charge is -2.13. The molecule has 0 aliphatic carbocycles. The number of ether oxygens (including phenoxy) is 1. The third kappa shape index (κ3) is 8.53. The summed E-state index contributed by atoms with van der Waals surface area (Å²) < 4.78 is 5.04. The molecule has 1 heterocycles. The summed E-state index contributed by atoms with van der Waals surface area (Å²) in [6, 6.07) is 5.36. The van der Waals surface area contributed by atoms with E-state index in [0.29, 0.717) is 44.3 Å². The van der Waals surface area contributed by atoms with Gasteiger partial charge in [0.2, 0.25) is 5.91 Å². The van der Waals surface area contributed by atoms with E-state index in [4.69, 9.17) is 4.74 Å². The minimum atomic E-state index is -0.303. The number of rotatable bonds is 14. The molecule has 8 nitrogen and oxygen atoms in total. The summed E-state index contributed by atoms with van der Waals surface area (Å²) in [6.07, 6.45) is 7.95. The van der Waals surface area contributed by atoms with Crippen molar-refractivity contribution in [3.63, 3.8) is 0 Å². The Morgan fingerprint density at radius 3 is 2.47 bits per heavy atom. The van der Waals surface area contributed by atoms with Crippen LogP contribution in [0.15, 0.2) is 30.4 Å². The van der Waals surface area contributed by atoms with E-state index in [-0.39, 0.29) is 36.0 Å². The van der Waals surface area contributed by atoms with Gasteiger partial charge in [0.15, 0.2) is 0 Å². The van der Waals surface area contributed by atoms with Crippen LogP contribution in [0, 0.1) is 0 Å². The summed E-state index contributed by atoms with van der Waals surface area (Å²) in [5, 5.41) is 13.0. The molecule has 0 saturated heterocycles. The number of imide groups is 1. The number of amides is 3. The zero-order valence-electron chi connectivity index (χ0n) is 18.6. The normalized spacial score (nSPS) is 13.0. The minimum Gasteiger partial charge on any atom is -0.508 e. The van der Waals surface area contributed by atoms with Gasteiger partial charge in [-0.3, -0.25) is 24.1 Å². The second kappa shape index (κ2) is 13.3. The summed E-state index contributed by atoms with van der Waals surface area (Å²) in [4.78, 5) is 47.2. The van der Waals surface area contributed by atoms with Crippen LogP contribution in [-0.4, -0.2) is 46.8 Å². The molecular weight excluding hydrogens is 412 g/mol. The molecule has 0 radical (unpaired) electrons. The van der Waals surface area contributed by atoms with E-state index in [0.717, 1.165) is 31.2 Å². The van der Waals surface area contributed by atoms with Crippen molar-refractivity contribution in [3.05, 3.63) is 41.5 Å². The zero-order chi connectivity index (χ0) is 23.3. The smallest absolute Gasteiger partial charge is 0.305 e. The highest BCUT2D eigenvalue weighted by atomic mass is 16.5. The lowest BCUT2D eigenvalue weighted by atomic mass is 10.1. The minimum absolute atomic E-state index is 0.00335. The van der Waals surface area contributed by atoms with E-state index in [9.17, 15) is 24.3 Å². The molecule has 0 atom stereocenters. The predicted molar refractivity (Wildman–Crippen MR) is 118 cm³/mol. The molecule has 32 heavy (non-hydrogen) atoms. The lowest BCUT2D eigenvalue weighted by molar-refractivity contribution is -0.144. The molecule has 8 heteroatoms. The van der Waals surface area contributed by atoms with E-state index < -0.39 is 0 Å². The first-order valence-corrected chi connectivity index (χ1v) is 11.2. The van der Waals surface area contributed by atoms with Crippen LogP contribution in [0.5, 0.6) is 5.75 Å². The molecule has 3 amide bonds. The monoisotopic (exact) mass is 444 g/mol. The fourth-order valence-corrected chi connectivity index (χ4v) is 3.30. The largest absolute Gasteiger partial charge is 0.508 e. The molecule has 1 aromatic carbocycles. The molecule has 0 saturated carbocycles. The van der Waals surface area contributed by atoms with Gasteiger partial charge in [0, 0.05) is 43.6 Å². The van der Waals surface area contributed by atoms with Crippen molar-refractivity contribution in [2.45, 2.75) is 64.9 Å². The second-order valence-electron chi connectivity index (χ2n) is 7.76. The van der Waals surface area contributed by atoms with Crippen molar-refractivity contribution in [1.82, 2.24) is 10.2 Å². The number of unbranched alkanes of at least 4 members (excludes halogenated alkanes) is 3.